The van der Waals surface area contributed by atoms with Gasteiger partial charge in [0.25, 0.3) is 11.7 Å². The molecular formula is C27H31NO5. The van der Waals surface area contributed by atoms with Crippen LogP contribution in [-0.2, 0) is 15.0 Å². The summed E-state index contributed by atoms with van der Waals surface area (Å²) < 4.78 is 5.51. The van der Waals surface area contributed by atoms with Crippen LogP contribution in [0.4, 0.5) is 0 Å². The number of phenols is 1. The van der Waals surface area contributed by atoms with Gasteiger partial charge in [0.15, 0.2) is 0 Å². The van der Waals surface area contributed by atoms with Crippen LogP contribution in [0, 0.1) is 0 Å². The number of hydrogen-bond donors (Lipinski definition) is 2. The lowest BCUT2D eigenvalue weighted by Gasteiger charge is -2.31. The van der Waals surface area contributed by atoms with Gasteiger partial charge in [0.05, 0.1) is 18.7 Å². The summed E-state index contributed by atoms with van der Waals surface area (Å²) in [5.41, 5.74) is 1.87. The number of benzene rings is 2. The second-order valence-corrected chi connectivity index (χ2v) is 9.90. The molecule has 1 aliphatic carbocycles. The van der Waals surface area contributed by atoms with Gasteiger partial charge in [0.2, 0.25) is 0 Å². The molecule has 1 unspecified atom stereocenters. The minimum atomic E-state index is -0.700. The highest BCUT2D eigenvalue weighted by molar-refractivity contribution is 6.46. The van der Waals surface area contributed by atoms with Gasteiger partial charge in [-0.25, -0.2) is 0 Å². The number of carbonyl (C=O) groups excluding carboxylic acids is 2. The number of ether oxygens (including phenoxy) is 1. The number of phenolic OH excluding ortho intramolecular Hbond substituents is 1. The summed E-state index contributed by atoms with van der Waals surface area (Å²) in [6.45, 7) is 6.14. The Hall–Kier alpha value is -3.28. The van der Waals surface area contributed by atoms with Crippen molar-refractivity contribution < 1.29 is 24.5 Å². The lowest BCUT2D eigenvalue weighted by Crippen LogP contribution is -2.37. The van der Waals surface area contributed by atoms with Crippen LogP contribution in [-0.4, -0.2) is 40.0 Å². The SMILES string of the molecule is COc1ccc(/C(O)=C2/C(=O)C(=O)N(C3CCCC3)C2c2ccc(O)cc2)cc1C(C)(C)C. The zero-order chi connectivity index (χ0) is 23.9. The molecule has 1 heterocycles. The standard InChI is InChI=1S/C27H31NO5/c1-27(2,3)20-15-17(11-14-21(20)33-4)24(30)22-23(16-9-12-19(29)13-10-16)28(26(32)25(22)31)18-7-5-6-8-18/h9-15,18,23,29-30H,5-8H2,1-4H3/b24-22-. The van der Waals surface area contributed by atoms with Gasteiger partial charge in [0.1, 0.15) is 17.3 Å². The van der Waals surface area contributed by atoms with Crippen molar-refractivity contribution in [2.24, 2.45) is 0 Å². The highest BCUT2D eigenvalue weighted by Crippen LogP contribution is 2.44. The number of aromatic hydroxyl groups is 1. The Balaban J connectivity index is 1.90. The number of ketones is 1. The van der Waals surface area contributed by atoms with E-state index in [4.69, 9.17) is 4.74 Å². The normalized spacial score (nSPS) is 21.1. The number of methoxy groups -OCH3 is 1. The Kier molecular flexibility index (Phi) is 5.95. The Bertz CT molecular complexity index is 1100. The monoisotopic (exact) mass is 449 g/mol. The molecule has 6 heteroatoms. The van der Waals surface area contributed by atoms with Crippen LogP contribution in [0.2, 0.25) is 0 Å². The molecule has 2 aromatic carbocycles. The first kappa shape index (κ1) is 22.9. The summed E-state index contributed by atoms with van der Waals surface area (Å²) >= 11 is 0. The van der Waals surface area contributed by atoms with E-state index in [0.29, 0.717) is 16.9 Å². The molecule has 2 aromatic rings. The van der Waals surface area contributed by atoms with Crippen molar-refractivity contribution in [1.82, 2.24) is 4.90 Å². The number of carbonyl (C=O) groups is 2. The average Bonchev–Trinajstić information content (AvgIpc) is 3.40. The Morgan fingerprint density at radius 1 is 1.03 bits per heavy atom. The first-order valence-corrected chi connectivity index (χ1v) is 11.4. The molecule has 0 aromatic heterocycles. The van der Waals surface area contributed by atoms with Gasteiger partial charge in [-0.1, -0.05) is 45.7 Å². The predicted octanol–water partition coefficient (Wildman–Crippen LogP) is 5.06. The van der Waals surface area contributed by atoms with Crippen LogP contribution in [0.5, 0.6) is 11.5 Å². The summed E-state index contributed by atoms with van der Waals surface area (Å²) in [5.74, 6) is -0.654. The van der Waals surface area contributed by atoms with Gasteiger partial charge < -0.3 is 19.8 Å². The number of aliphatic hydroxyl groups is 1. The molecule has 1 atom stereocenters. The summed E-state index contributed by atoms with van der Waals surface area (Å²) in [4.78, 5) is 28.1. The molecular weight excluding hydrogens is 418 g/mol. The number of rotatable bonds is 4. The van der Waals surface area contributed by atoms with E-state index in [1.165, 1.54) is 12.1 Å². The molecule has 33 heavy (non-hydrogen) atoms. The summed E-state index contributed by atoms with van der Waals surface area (Å²) in [6, 6.07) is 11.0. The summed E-state index contributed by atoms with van der Waals surface area (Å²) in [5, 5.41) is 21.2. The highest BCUT2D eigenvalue weighted by Gasteiger charge is 2.49. The number of aliphatic hydroxyl groups excluding tert-OH is 1. The van der Waals surface area contributed by atoms with Crippen LogP contribution in [0.3, 0.4) is 0 Å². The zero-order valence-electron chi connectivity index (χ0n) is 19.6. The van der Waals surface area contributed by atoms with Gasteiger partial charge in [0, 0.05) is 17.2 Å². The van der Waals surface area contributed by atoms with E-state index in [1.54, 1.807) is 36.3 Å². The number of likely N-dealkylation sites (tertiary alicyclic amines) is 1. The first-order chi connectivity index (χ1) is 15.6. The lowest BCUT2D eigenvalue weighted by atomic mass is 9.84. The van der Waals surface area contributed by atoms with Crippen LogP contribution in [0.25, 0.3) is 5.76 Å². The van der Waals surface area contributed by atoms with Crippen molar-refractivity contribution >= 4 is 17.4 Å². The minimum absolute atomic E-state index is 0.0495. The molecule has 174 valence electrons. The van der Waals surface area contributed by atoms with E-state index in [2.05, 4.69) is 0 Å². The van der Waals surface area contributed by atoms with E-state index in [0.717, 1.165) is 31.2 Å². The van der Waals surface area contributed by atoms with Gasteiger partial charge in [-0.05, 0) is 54.2 Å². The molecule has 2 fully saturated rings. The quantitative estimate of drug-likeness (QED) is 0.387. The molecule has 2 aliphatic rings. The Labute approximate surface area is 194 Å². The summed E-state index contributed by atoms with van der Waals surface area (Å²) in [6.07, 6.45) is 3.67. The van der Waals surface area contributed by atoms with Crippen LogP contribution in [0.1, 0.15) is 69.2 Å². The zero-order valence-corrected chi connectivity index (χ0v) is 19.6. The molecule has 4 rings (SSSR count). The first-order valence-electron chi connectivity index (χ1n) is 11.4. The van der Waals surface area contributed by atoms with Crippen molar-refractivity contribution in [2.45, 2.75) is 64.0 Å². The van der Waals surface area contributed by atoms with E-state index in [-0.39, 0.29) is 28.5 Å². The highest BCUT2D eigenvalue weighted by atomic mass is 16.5. The minimum Gasteiger partial charge on any atom is -0.508 e. The van der Waals surface area contributed by atoms with Gasteiger partial charge in [-0.2, -0.15) is 0 Å². The van der Waals surface area contributed by atoms with E-state index < -0.39 is 17.7 Å². The molecule has 1 aliphatic heterocycles. The van der Waals surface area contributed by atoms with Crippen LogP contribution < -0.4 is 4.74 Å². The largest absolute Gasteiger partial charge is 0.508 e. The van der Waals surface area contributed by atoms with Crippen molar-refractivity contribution in [3.05, 3.63) is 64.7 Å². The third kappa shape index (κ3) is 4.10. The van der Waals surface area contributed by atoms with Crippen molar-refractivity contribution in [3.63, 3.8) is 0 Å². The maximum Gasteiger partial charge on any atom is 0.295 e. The molecule has 1 saturated heterocycles. The van der Waals surface area contributed by atoms with E-state index >= 15 is 0 Å². The Morgan fingerprint density at radius 2 is 1.67 bits per heavy atom. The lowest BCUT2D eigenvalue weighted by molar-refractivity contribution is -0.141. The number of Topliss-reactive ketones (excluding diaryl/α,β-unsaturated/α-hetero) is 1. The number of hydrogen-bond acceptors (Lipinski definition) is 5. The van der Waals surface area contributed by atoms with Gasteiger partial charge in [-0.15, -0.1) is 0 Å². The molecule has 0 bridgehead atoms. The Morgan fingerprint density at radius 3 is 2.24 bits per heavy atom. The van der Waals surface area contributed by atoms with Gasteiger partial charge >= 0.3 is 0 Å². The predicted molar refractivity (Wildman–Crippen MR) is 126 cm³/mol. The van der Waals surface area contributed by atoms with Crippen LogP contribution in [0.15, 0.2) is 48.0 Å². The molecule has 1 saturated carbocycles. The van der Waals surface area contributed by atoms with E-state index in [9.17, 15) is 19.8 Å². The third-order valence-electron chi connectivity index (χ3n) is 6.69. The molecule has 1 amide bonds. The second-order valence-electron chi connectivity index (χ2n) is 9.90. The second kappa shape index (κ2) is 8.58. The fourth-order valence-electron chi connectivity index (χ4n) is 4.99. The molecule has 0 radical (unpaired) electrons. The molecule has 2 N–H and O–H groups in total. The molecule has 6 nitrogen and oxygen atoms in total. The van der Waals surface area contributed by atoms with Crippen molar-refractivity contribution in [3.8, 4) is 11.5 Å². The third-order valence-corrected chi connectivity index (χ3v) is 6.69. The maximum absolute atomic E-state index is 13.3. The van der Waals surface area contributed by atoms with Crippen LogP contribution >= 0.6 is 0 Å². The van der Waals surface area contributed by atoms with Crippen molar-refractivity contribution in [1.29, 1.82) is 0 Å². The topological polar surface area (TPSA) is 87.1 Å². The smallest absolute Gasteiger partial charge is 0.295 e. The van der Waals surface area contributed by atoms with Gasteiger partial charge in [-0.3, -0.25) is 9.59 Å². The average molecular weight is 450 g/mol. The number of nitrogens with zero attached hydrogens (tertiary/aromatic N) is 1. The fourth-order valence-corrected chi connectivity index (χ4v) is 4.99. The number of amides is 1. The van der Waals surface area contributed by atoms with Crippen molar-refractivity contribution in [2.75, 3.05) is 7.11 Å². The fraction of sp³-hybridized carbons (Fsp3) is 0.407. The summed E-state index contributed by atoms with van der Waals surface area (Å²) in [7, 11) is 1.60. The maximum atomic E-state index is 13.3. The molecule has 0 spiro atoms. The van der Waals surface area contributed by atoms with E-state index in [1.807, 2.05) is 26.8 Å².